The highest BCUT2D eigenvalue weighted by molar-refractivity contribution is 7.94. The quantitative estimate of drug-likeness (QED) is 0.890. The van der Waals surface area contributed by atoms with Gasteiger partial charge in [-0.3, -0.25) is 4.72 Å². The van der Waals surface area contributed by atoms with Gasteiger partial charge in [-0.2, -0.15) is 8.42 Å². The second-order valence-electron chi connectivity index (χ2n) is 3.89. The van der Waals surface area contributed by atoms with E-state index in [1.165, 1.54) is 0 Å². The molecule has 0 radical (unpaired) electrons. The molecule has 0 fully saturated rings. The van der Waals surface area contributed by atoms with E-state index in [1.807, 2.05) is 19.9 Å². The molecule has 8 heteroatoms. The minimum atomic E-state index is -3.71. The number of anilines is 2. The summed E-state index contributed by atoms with van der Waals surface area (Å²) < 4.78 is 26.3. The number of nitrogen functional groups attached to an aromatic ring is 1. The van der Waals surface area contributed by atoms with E-state index in [4.69, 9.17) is 5.73 Å². The molecule has 0 saturated carbocycles. The van der Waals surface area contributed by atoms with Crippen LogP contribution in [0.25, 0.3) is 0 Å². The van der Waals surface area contributed by atoms with Crippen molar-refractivity contribution in [3.8, 4) is 0 Å². The van der Waals surface area contributed by atoms with Gasteiger partial charge in [0.15, 0.2) is 0 Å². The lowest BCUT2D eigenvalue weighted by Crippen LogP contribution is -2.13. The molecule has 3 N–H and O–H groups in total. The van der Waals surface area contributed by atoms with E-state index in [-0.39, 0.29) is 9.47 Å². The standard InChI is InChI=1S/C10H12N4O2S2/c1-6-3-7(2)5-8(4-6)14-18(15,16)10-13-12-9(11)17-10/h3-5,14H,1-2H3,(H2,11,12). The zero-order valence-electron chi connectivity index (χ0n) is 9.84. The molecule has 1 aromatic carbocycles. The SMILES string of the molecule is Cc1cc(C)cc(NS(=O)(=O)c2nnc(N)s2)c1. The van der Waals surface area contributed by atoms with Crippen molar-refractivity contribution in [2.75, 3.05) is 10.5 Å². The van der Waals surface area contributed by atoms with Gasteiger partial charge in [-0.05, 0) is 37.1 Å². The number of sulfonamides is 1. The van der Waals surface area contributed by atoms with E-state index in [0.717, 1.165) is 22.5 Å². The fraction of sp³-hybridized carbons (Fsp3) is 0.200. The van der Waals surface area contributed by atoms with Gasteiger partial charge in [0.1, 0.15) is 0 Å². The number of hydrogen-bond acceptors (Lipinski definition) is 6. The van der Waals surface area contributed by atoms with Gasteiger partial charge in [0.25, 0.3) is 14.4 Å². The Morgan fingerprint density at radius 3 is 2.28 bits per heavy atom. The Morgan fingerprint density at radius 2 is 1.78 bits per heavy atom. The first-order valence-electron chi connectivity index (χ1n) is 5.07. The molecule has 0 bridgehead atoms. The fourth-order valence-electron chi connectivity index (χ4n) is 1.56. The van der Waals surface area contributed by atoms with E-state index in [0.29, 0.717) is 5.69 Å². The molecule has 0 aliphatic heterocycles. The molecule has 1 heterocycles. The van der Waals surface area contributed by atoms with Crippen LogP contribution in [0.1, 0.15) is 11.1 Å². The van der Waals surface area contributed by atoms with Crippen LogP contribution in [0, 0.1) is 13.8 Å². The van der Waals surface area contributed by atoms with Gasteiger partial charge in [0.2, 0.25) is 5.13 Å². The molecule has 0 aliphatic carbocycles. The third-order valence-electron chi connectivity index (χ3n) is 2.13. The third-order valence-corrected chi connectivity index (χ3v) is 4.63. The molecular weight excluding hydrogens is 272 g/mol. The van der Waals surface area contributed by atoms with Crippen LogP contribution in [0.15, 0.2) is 22.5 Å². The number of aryl methyl sites for hydroxylation is 2. The Morgan fingerprint density at radius 1 is 1.17 bits per heavy atom. The highest BCUT2D eigenvalue weighted by Gasteiger charge is 2.19. The highest BCUT2D eigenvalue weighted by Crippen LogP contribution is 2.21. The van der Waals surface area contributed by atoms with Crippen LogP contribution in [0.2, 0.25) is 0 Å². The molecular formula is C10H12N4O2S2. The fourth-order valence-corrected chi connectivity index (χ4v) is 3.39. The average molecular weight is 284 g/mol. The van der Waals surface area contributed by atoms with Crippen LogP contribution in [0.4, 0.5) is 10.8 Å². The first-order chi connectivity index (χ1) is 8.37. The van der Waals surface area contributed by atoms with Crippen molar-refractivity contribution >= 4 is 32.2 Å². The summed E-state index contributed by atoms with van der Waals surface area (Å²) in [5.41, 5.74) is 7.82. The molecule has 0 amide bonds. The summed E-state index contributed by atoms with van der Waals surface area (Å²) in [6.07, 6.45) is 0. The van der Waals surface area contributed by atoms with Crippen LogP contribution in [-0.4, -0.2) is 18.6 Å². The third kappa shape index (κ3) is 2.77. The van der Waals surface area contributed by atoms with Crippen LogP contribution in [-0.2, 0) is 10.0 Å². The summed E-state index contributed by atoms with van der Waals surface area (Å²) in [4.78, 5) is 0. The van der Waals surface area contributed by atoms with Gasteiger partial charge in [0, 0.05) is 5.69 Å². The lowest BCUT2D eigenvalue weighted by atomic mass is 10.1. The molecule has 2 rings (SSSR count). The van der Waals surface area contributed by atoms with E-state index >= 15 is 0 Å². The second kappa shape index (κ2) is 4.54. The van der Waals surface area contributed by atoms with Gasteiger partial charge < -0.3 is 5.73 Å². The molecule has 96 valence electrons. The summed E-state index contributed by atoms with van der Waals surface area (Å²) in [5.74, 6) is 0. The zero-order chi connectivity index (χ0) is 13.3. The highest BCUT2D eigenvalue weighted by atomic mass is 32.2. The van der Waals surface area contributed by atoms with Crippen molar-refractivity contribution < 1.29 is 8.42 Å². The number of hydrogen-bond donors (Lipinski definition) is 2. The second-order valence-corrected chi connectivity index (χ2v) is 6.75. The van der Waals surface area contributed by atoms with Crippen LogP contribution in [0.3, 0.4) is 0 Å². The summed E-state index contributed by atoms with van der Waals surface area (Å²) >= 11 is 0.827. The maximum Gasteiger partial charge on any atom is 0.291 e. The minimum Gasteiger partial charge on any atom is -0.374 e. The minimum absolute atomic E-state index is 0.121. The Hall–Kier alpha value is -1.67. The van der Waals surface area contributed by atoms with Crippen molar-refractivity contribution in [1.29, 1.82) is 0 Å². The van der Waals surface area contributed by atoms with E-state index in [2.05, 4.69) is 14.9 Å². The molecule has 0 aliphatic rings. The van der Waals surface area contributed by atoms with Gasteiger partial charge in [-0.25, -0.2) is 0 Å². The predicted octanol–water partition coefficient (Wildman–Crippen LogP) is 1.54. The molecule has 1 aromatic heterocycles. The molecule has 6 nitrogen and oxygen atoms in total. The van der Waals surface area contributed by atoms with Crippen molar-refractivity contribution in [1.82, 2.24) is 10.2 Å². The van der Waals surface area contributed by atoms with Gasteiger partial charge in [0.05, 0.1) is 0 Å². The Labute approximate surface area is 109 Å². The summed E-state index contributed by atoms with van der Waals surface area (Å²) in [6.45, 7) is 3.79. The van der Waals surface area contributed by atoms with Crippen molar-refractivity contribution in [3.05, 3.63) is 29.3 Å². The maximum atomic E-state index is 12.0. The number of nitrogens with zero attached hydrogens (tertiary/aromatic N) is 2. The van der Waals surface area contributed by atoms with Crippen molar-refractivity contribution in [3.63, 3.8) is 0 Å². The molecule has 0 unspecified atom stereocenters. The molecule has 0 spiro atoms. The number of nitrogens with two attached hydrogens (primary N) is 1. The molecule has 2 aromatic rings. The zero-order valence-corrected chi connectivity index (χ0v) is 11.5. The monoisotopic (exact) mass is 284 g/mol. The smallest absolute Gasteiger partial charge is 0.291 e. The lowest BCUT2D eigenvalue weighted by molar-refractivity contribution is 0.599. The number of nitrogens with one attached hydrogen (secondary N) is 1. The summed E-state index contributed by atoms with van der Waals surface area (Å²) in [6, 6.07) is 5.45. The maximum absolute atomic E-state index is 12.0. The number of benzene rings is 1. The van der Waals surface area contributed by atoms with Crippen LogP contribution >= 0.6 is 11.3 Å². The lowest BCUT2D eigenvalue weighted by Gasteiger charge is -2.07. The van der Waals surface area contributed by atoms with E-state index in [9.17, 15) is 8.42 Å². The van der Waals surface area contributed by atoms with Gasteiger partial charge >= 0.3 is 0 Å². The summed E-state index contributed by atoms with van der Waals surface area (Å²) in [7, 11) is -3.71. The Balaban J connectivity index is 2.33. The van der Waals surface area contributed by atoms with Gasteiger partial charge in [-0.1, -0.05) is 17.4 Å². The van der Waals surface area contributed by atoms with Crippen LogP contribution < -0.4 is 10.5 Å². The van der Waals surface area contributed by atoms with E-state index < -0.39 is 10.0 Å². The van der Waals surface area contributed by atoms with E-state index in [1.54, 1.807) is 12.1 Å². The first-order valence-corrected chi connectivity index (χ1v) is 7.37. The largest absolute Gasteiger partial charge is 0.374 e. The van der Waals surface area contributed by atoms with Gasteiger partial charge in [-0.15, -0.1) is 10.2 Å². The molecule has 0 atom stereocenters. The normalized spacial score (nSPS) is 11.4. The molecule has 18 heavy (non-hydrogen) atoms. The predicted molar refractivity (Wildman–Crippen MR) is 71.0 cm³/mol. The van der Waals surface area contributed by atoms with Crippen molar-refractivity contribution in [2.24, 2.45) is 0 Å². The average Bonchev–Trinajstić information content (AvgIpc) is 2.62. The number of aromatic nitrogens is 2. The Bertz CT molecular complexity index is 659. The first kappa shape index (κ1) is 12.8. The molecule has 0 saturated heterocycles. The summed E-state index contributed by atoms with van der Waals surface area (Å²) in [5, 5.41) is 7.13. The number of rotatable bonds is 3. The Kier molecular flexibility index (Phi) is 3.22. The van der Waals surface area contributed by atoms with Crippen molar-refractivity contribution in [2.45, 2.75) is 18.2 Å². The van der Waals surface area contributed by atoms with Crippen LogP contribution in [0.5, 0.6) is 0 Å². The topological polar surface area (TPSA) is 98.0 Å².